The molecule has 1 aromatic carbocycles. The van der Waals surface area contributed by atoms with E-state index >= 15 is 0 Å². The second kappa shape index (κ2) is 7.89. The zero-order valence-electron chi connectivity index (χ0n) is 14.9. The molecule has 2 heterocycles. The van der Waals surface area contributed by atoms with Crippen LogP contribution >= 0.6 is 23.5 Å². The molecule has 1 aliphatic carbocycles. The van der Waals surface area contributed by atoms with Crippen LogP contribution < -0.4 is 15.4 Å². The number of carbonyl (C=O) groups excluding carboxylic acids is 1. The molecule has 0 radical (unpaired) electrons. The molecule has 2 fully saturated rings. The monoisotopic (exact) mass is 431 g/mol. The van der Waals surface area contributed by atoms with Gasteiger partial charge >= 0.3 is 6.18 Å². The molecule has 1 amide bonds. The summed E-state index contributed by atoms with van der Waals surface area (Å²) in [6.45, 7) is 0.238. The Kier molecular flexibility index (Phi) is 5.66. The largest absolute Gasteiger partial charge is 0.403 e. The average Bonchev–Trinajstić information content (AvgIpc) is 3.40. The van der Waals surface area contributed by atoms with Gasteiger partial charge in [-0.15, -0.1) is 0 Å². The molecule has 2 saturated heterocycles. The SMILES string of the molecule is O=C(NC1CCNC(C(F)(F)F)C1)C1SNC(c2ccccc2Cl)C1C1=CC1. The van der Waals surface area contributed by atoms with E-state index in [4.69, 9.17) is 11.6 Å². The second-order valence-electron chi connectivity index (χ2n) is 7.44. The number of allylic oxidation sites excluding steroid dienone is 1. The maximum absolute atomic E-state index is 13.0. The molecule has 28 heavy (non-hydrogen) atoms. The van der Waals surface area contributed by atoms with Gasteiger partial charge in [-0.25, -0.2) is 0 Å². The van der Waals surface area contributed by atoms with Crippen molar-refractivity contribution in [3.05, 3.63) is 46.5 Å². The van der Waals surface area contributed by atoms with Gasteiger partial charge in [-0.1, -0.05) is 53.4 Å². The first-order valence-corrected chi connectivity index (χ1v) is 10.6. The maximum atomic E-state index is 13.0. The Morgan fingerprint density at radius 2 is 2.04 bits per heavy atom. The smallest absolute Gasteiger partial charge is 0.352 e. The van der Waals surface area contributed by atoms with Gasteiger partial charge in [-0.05, 0) is 37.4 Å². The third kappa shape index (κ3) is 4.20. The molecule has 1 aromatic rings. The zero-order chi connectivity index (χ0) is 19.9. The number of halogens is 4. The number of hydrogen-bond donors (Lipinski definition) is 3. The number of carbonyl (C=O) groups is 1. The fraction of sp³-hybridized carbons (Fsp3) is 0.526. The minimum absolute atomic E-state index is 0.0509. The number of benzene rings is 1. The molecular weight excluding hydrogens is 411 g/mol. The molecular formula is C19H21ClF3N3OS. The van der Waals surface area contributed by atoms with E-state index < -0.39 is 23.5 Å². The van der Waals surface area contributed by atoms with Crippen LogP contribution in [0.5, 0.6) is 0 Å². The lowest BCUT2D eigenvalue weighted by Crippen LogP contribution is -2.54. The van der Waals surface area contributed by atoms with Gasteiger partial charge in [-0.3, -0.25) is 9.52 Å². The van der Waals surface area contributed by atoms with Crippen LogP contribution in [0.25, 0.3) is 0 Å². The molecule has 152 valence electrons. The van der Waals surface area contributed by atoms with Gasteiger partial charge in [0.05, 0.1) is 6.04 Å². The molecule has 4 rings (SSSR count). The van der Waals surface area contributed by atoms with Crippen LogP contribution in [0.15, 0.2) is 35.9 Å². The summed E-state index contributed by atoms with van der Waals surface area (Å²) in [7, 11) is 0. The molecule has 0 saturated carbocycles. The highest BCUT2D eigenvalue weighted by atomic mass is 35.5. The third-order valence-corrected chi connectivity index (χ3v) is 7.01. The molecule has 2 aliphatic heterocycles. The number of amides is 1. The molecule has 3 N–H and O–H groups in total. The quantitative estimate of drug-likeness (QED) is 0.502. The van der Waals surface area contributed by atoms with Crippen LogP contribution in [0.3, 0.4) is 0 Å². The van der Waals surface area contributed by atoms with Crippen molar-refractivity contribution in [1.29, 1.82) is 0 Å². The van der Waals surface area contributed by atoms with Gasteiger partial charge in [-0.2, -0.15) is 13.2 Å². The van der Waals surface area contributed by atoms with Crippen molar-refractivity contribution in [3.63, 3.8) is 0 Å². The van der Waals surface area contributed by atoms with Crippen LogP contribution in [0.2, 0.25) is 5.02 Å². The highest BCUT2D eigenvalue weighted by Gasteiger charge is 2.47. The molecule has 9 heteroatoms. The van der Waals surface area contributed by atoms with Crippen LogP contribution in [-0.2, 0) is 4.79 Å². The van der Waals surface area contributed by atoms with Crippen molar-refractivity contribution in [2.24, 2.45) is 5.92 Å². The molecule has 0 aromatic heterocycles. The van der Waals surface area contributed by atoms with Crippen LogP contribution in [0.4, 0.5) is 13.2 Å². The lowest BCUT2D eigenvalue weighted by molar-refractivity contribution is -0.162. The summed E-state index contributed by atoms with van der Waals surface area (Å²) >= 11 is 7.69. The summed E-state index contributed by atoms with van der Waals surface area (Å²) < 4.78 is 42.3. The Labute approximate surface area is 170 Å². The number of hydrogen-bond acceptors (Lipinski definition) is 4. The minimum atomic E-state index is -4.30. The summed E-state index contributed by atoms with van der Waals surface area (Å²) in [5, 5.41) is 5.59. The maximum Gasteiger partial charge on any atom is 0.403 e. The first kappa shape index (κ1) is 20.1. The van der Waals surface area contributed by atoms with E-state index in [1.165, 1.54) is 17.5 Å². The zero-order valence-corrected chi connectivity index (χ0v) is 16.5. The Hall–Kier alpha value is -1.22. The predicted octanol–water partition coefficient (Wildman–Crippen LogP) is 3.75. The molecule has 5 unspecified atom stereocenters. The first-order chi connectivity index (χ1) is 13.3. The van der Waals surface area contributed by atoms with Crippen molar-refractivity contribution in [2.45, 2.75) is 48.8 Å². The van der Waals surface area contributed by atoms with Crippen LogP contribution in [0.1, 0.15) is 30.9 Å². The van der Waals surface area contributed by atoms with Gasteiger partial charge < -0.3 is 10.6 Å². The van der Waals surface area contributed by atoms with E-state index in [0.29, 0.717) is 11.4 Å². The number of nitrogens with one attached hydrogen (secondary N) is 3. The summed E-state index contributed by atoms with van der Waals surface area (Å²) in [5.41, 5.74) is 2.13. The van der Waals surface area contributed by atoms with Crippen molar-refractivity contribution in [2.75, 3.05) is 6.54 Å². The van der Waals surface area contributed by atoms with Gasteiger partial charge in [0.25, 0.3) is 0 Å². The molecule has 3 aliphatic rings. The Morgan fingerprint density at radius 1 is 1.29 bits per heavy atom. The lowest BCUT2D eigenvalue weighted by Gasteiger charge is -2.33. The summed E-state index contributed by atoms with van der Waals surface area (Å²) in [6.07, 6.45) is -0.997. The van der Waals surface area contributed by atoms with E-state index in [1.807, 2.05) is 24.3 Å². The van der Waals surface area contributed by atoms with Crippen molar-refractivity contribution < 1.29 is 18.0 Å². The van der Waals surface area contributed by atoms with Gasteiger partial charge in [0.15, 0.2) is 0 Å². The summed E-state index contributed by atoms with van der Waals surface area (Å²) in [6, 6.07) is 5.38. The van der Waals surface area contributed by atoms with E-state index in [-0.39, 0.29) is 30.8 Å². The second-order valence-corrected chi connectivity index (χ2v) is 8.83. The average molecular weight is 432 g/mol. The highest BCUT2D eigenvalue weighted by Crippen LogP contribution is 2.49. The molecule has 5 atom stereocenters. The van der Waals surface area contributed by atoms with Crippen LogP contribution in [0, 0.1) is 5.92 Å². The Bertz CT molecular complexity index is 788. The Balaban J connectivity index is 1.46. The van der Waals surface area contributed by atoms with E-state index in [9.17, 15) is 18.0 Å². The van der Waals surface area contributed by atoms with Crippen molar-refractivity contribution in [3.8, 4) is 0 Å². The number of alkyl halides is 3. The molecule has 4 nitrogen and oxygen atoms in total. The summed E-state index contributed by atoms with van der Waals surface area (Å²) in [4.78, 5) is 12.9. The third-order valence-electron chi connectivity index (χ3n) is 5.52. The molecule has 0 spiro atoms. The highest BCUT2D eigenvalue weighted by molar-refractivity contribution is 7.99. The fourth-order valence-electron chi connectivity index (χ4n) is 3.99. The first-order valence-electron chi connectivity index (χ1n) is 9.29. The van der Waals surface area contributed by atoms with Crippen LogP contribution in [-0.4, -0.2) is 36.0 Å². The fourth-order valence-corrected chi connectivity index (χ4v) is 5.46. The summed E-state index contributed by atoms with van der Waals surface area (Å²) in [5.74, 6) is -0.261. The van der Waals surface area contributed by atoms with Crippen molar-refractivity contribution >= 4 is 29.5 Å². The molecule has 0 bridgehead atoms. The van der Waals surface area contributed by atoms with E-state index in [1.54, 1.807) is 0 Å². The van der Waals surface area contributed by atoms with Crippen molar-refractivity contribution in [1.82, 2.24) is 15.4 Å². The van der Waals surface area contributed by atoms with Gasteiger partial charge in [0.2, 0.25) is 5.91 Å². The lowest BCUT2D eigenvalue weighted by atomic mass is 9.87. The number of rotatable bonds is 4. The van der Waals surface area contributed by atoms with Gasteiger partial charge in [0, 0.05) is 17.0 Å². The van der Waals surface area contributed by atoms with Gasteiger partial charge in [0.1, 0.15) is 11.3 Å². The van der Waals surface area contributed by atoms with E-state index in [0.717, 1.165) is 12.0 Å². The predicted molar refractivity (Wildman–Crippen MR) is 104 cm³/mol. The normalized spacial score (nSPS) is 32.7. The number of piperidine rings is 1. The minimum Gasteiger partial charge on any atom is -0.352 e. The topological polar surface area (TPSA) is 53.2 Å². The van der Waals surface area contributed by atoms with E-state index in [2.05, 4.69) is 21.4 Å². The Morgan fingerprint density at radius 3 is 2.71 bits per heavy atom. The standard InChI is InChI=1S/C19H21ClF3N3OS/c20-13-4-2-1-3-12(13)16-15(10-5-6-10)17(28-26-16)18(27)25-11-7-8-24-14(9-11)19(21,22)23/h1-5,11,14-17,24,26H,6-9H2,(H,25,27).